The molecule has 0 bridgehead atoms. The SMILES string of the molecule is CSc1ccc(NC(=O)CN(C)C(=O)c2c[nH]c3ccccc23)cc1. The van der Waals surface area contributed by atoms with E-state index in [0.29, 0.717) is 5.56 Å². The number of fused-ring (bicyclic) bond motifs is 1. The lowest BCUT2D eigenvalue weighted by Crippen LogP contribution is -2.34. The number of hydrogen-bond acceptors (Lipinski definition) is 3. The zero-order valence-electron chi connectivity index (χ0n) is 14.1. The summed E-state index contributed by atoms with van der Waals surface area (Å²) in [4.78, 5) is 30.4. The summed E-state index contributed by atoms with van der Waals surface area (Å²) in [5, 5.41) is 3.67. The Labute approximate surface area is 150 Å². The minimum atomic E-state index is -0.229. The first-order chi connectivity index (χ1) is 12.1. The van der Waals surface area contributed by atoms with E-state index < -0.39 is 0 Å². The average Bonchev–Trinajstić information content (AvgIpc) is 3.05. The summed E-state index contributed by atoms with van der Waals surface area (Å²) < 4.78 is 0. The summed E-state index contributed by atoms with van der Waals surface area (Å²) in [5.74, 6) is -0.419. The summed E-state index contributed by atoms with van der Waals surface area (Å²) in [7, 11) is 1.63. The lowest BCUT2D eigenvalue weighted by atomic mass is 10.1. The van der Waals surface area contributed by atoms with Crippen molar-refractivity contribution in [3.63, 3.8) is 0 Å². The number of nitrogens with one attached hydrogen (secondary N) is 2. The van der Waals surface area contributed by atoms with Gasteiger partial charge in [0.25, 0.3) is 5.91 Å². The maximum Gasteiger partial charge on any atom is 0.256 e. The van der Waals surface area contributed by atoms with E-state index in [1.54, 1.807) is 25.0 Å². The summed E-state index contributed by atoms with van der Waals surface area (Å²) in [6, 6.07) is 15.2. The number of carbonyl (C=O) groups is 2. The van der Waals surface area contributed by atoms with Gasteiger partial charge in [-0.15, -0.1) is 11.8 Å². The lowest BCUT2D eigenvalue weighted by Gasteiger charge is -2.16. The molecular weight excluding hydrogens is 334 g/mol. The van der Waals surface area contributed by atoms with Crippen molar-refractivity contribution in [1.29, 1.82) is 0 Å². The molecule has 3 aromatic rings. The van der Waals surface area contributed by atoms with E-state index in [-0.39, 0.29) is 18.4 Å². The molecule has 25 heavy (non-hydrogen) atoms. The van der Waals surface area contributed by atoms with Gasteiger partial charge in [-0.3, -0.25) is 9.59 Å². The van der Waals surface area contributed by atoms with Crippen LogP contribution in [-0.4, -0.2) is 41.5 Å². The first-order valence-electron chi connectivity index (χ1n) is 7.84. The minimum Gasteiger partial charge on any atom is -0.360 e. The van der Waals surface area contributed by atoms with Crippen molar-refractivity contribution in [2.24, 2.45) is 0 Å². The number of carbonyl (C=O) groups excluding carboxylic acids is 2. The van der Waals surface area contributed by atoms with Crippen molar-refractivity contribution >= 4 is 40.2 Å². The fraction of sp³-hybridized carbons (Fsp3) is 0.158. The summed E-state index contributed by atoms with van der Waals surface area (Å²) >= 11 is 1.64. The van der Waals surface area contributed by atoms with Crippen LogP contribution in [0, 0.1) is 0 Å². The van der Waals surface area contributed by atoms with Crippen LogP contribution in [0.15, 0.2) is 59.6 Å². The van der Waals surface area contributed by atoms with Crippen LogP contribution in [0.1, 0.15) is 10.4 Å². The molecule has 1 heterocycles. The topological polar surface area (TPSA) is 65.2 Å². The van der Waals surface area contributed by atoms with Gasteiger partial charge in [-0.05, 0) is 36.6 Å². The first-order valence-corrected chi connectivity index (χ1v) is 9.06. The van der Waals surface area contributed by atoms with Crippen LogP contribution >= 0.6 is 11.8 Å². The standard InChI is InChI=1S/C19H19N3O2S/c1-22(12-18(23)21-13-7-9-14(25-2)10-8-13)19(24)16-11-20-17-6-4-3-5-15(16)17/h3-11,20H,12H2,1-2H3,(H,21,23). The number of aromatic amines is 1. The molecule has 2 amide bonds. The Hall–Kier alpha value is -2.73. The highest BCUT2D eigenvalue weighted by molar-refractivity contribution is 7.98. The van der Waals surface area contributed by atoms with Crippen molar-refractivity contribution < 1.29 is 9.59 Å². The molecule has 5 nitrogen and oxygen atoms in total. The Morgan fingerprint density at radius 3 is 2.56 bits per heavy atom. The molecule has 1 aromatic heterocycles. The third-order valence-corrected chi connectivity index (χ3v) is 4.66. The first kappa shape index (κ1) is 17.1. The molecule has 0 aliphatic carbocycles. The van der Waals surface area contributed by atoms with E-state index in [0.717, 1.165) is 21.5 Å². The van der Waals surface area contributed by atoms with Crippen LogP contribution in [-0.2, 0) is 4.79 Å². The Balaban J connectivity index is 1.65. The summed E-state index contributed by atoms with van der Waals surface area (Å²) in [6.45, 7) is -0.0113. The number of benzene rings is 2. The molecule has 0 saturated heterocycles. The number of hydrogen-bond donors (Lipinski definition) is 2. The molecule has 2 aromatic carbocycles. The Morgan fingerprint density at radius 2 is 1.84 bits per heavy atom. The second-order valence-electron chi connectivity index (χ2n) is 5.69. The van der Waals surface area contributed by atoms with E-state index in [1.165, 1.54) is 4.90 Å². The van der Waals surface area contributed by atoms with Gasteiger partial charge in [-0.25, -0.2) is 0 Å². The highest BCUT2D eigenvalue weighted by Crippen LogP contribution is 2.19. The Morgan fingerprint density at radius 1 is 1.12 bits per heavy atom. The monoisotopic (exact) mass is 353 g/mol. The molecule has 0 radical (unpaired) electrons. The number of amides is 2. The van der Waals surface area contributed by atoms with Crippen molar-refractivity contribution in [2.45, 2.75) is 4.90 Å². The molecule has 128 valence electrons. The largest absolute Gasteiger partial charge is 0.360 e. The Bertz CT molecular complexity index is 902. The van der Waals surface area contributed by atoms with Gasteiger partial charge < -0.3 is 15.2 Å². The smallest absolute Gasteiger partial charge is 0.256 e. The zero-order valence-corrected chi connectivity index (χ0v) is 14.9. The molecule has 6 heteroatoms. The van der Waals surface area contributed by atoms with Gasteiger partial charge in [0.1, 0.15) is 0 Å². The third-order valence-electron chi connectivity index (χ3n) is 3.92. The van der Waals surface area contributed by atoms with E-state index in [2.05, 4.69) is 10.3 Å². The predicted octanol–water partition coefficient (Wildman–Crippen LogP) is 3.60. The number of H-pyrrole nitrogens is 1. The number of para-hydroxylation sites is 1. The number of likely N-dealkylation sites (N-methyl/N-ethyl adjacent to an activating group) is 1. The maximum atomic E-state index is 12.6. The van der Waals surface area contributed by atoms with Crippen LogP contribution < -0.4 is 5.32 Å². The molecule has 0 saturated carbocycles. The van der Waals surface area contributed by atoms with Crippen molar-refractivity contribution in [3.05, 3.63) is 60.3 Å². The van der Waals surface area contributed by atoms with E-state index in [4.69, 9.17) is 0 Å². The van der Waals surface area contributed by atoms with Gasteiger partial charge in [0.15, 0.2) is 0 Å². The highest BCUT2D eigenvalue weighted by atomic mass is 32.2. The summed E-state index contributed by atoms with van der Waals surface area (Å²) in [5.41, 5.74) is 2.18. The van der Waals surface area contributed by atoms with Crippen LogP contribution in [0.3, 0.4) is 0 Å². The van der Waals surface area contributed by atoms with Crippen molar-refractivity contribution in [2.75, 3.05) is 25.2 Å². The van der Waals surface area contributed by atoms with Gasteiger partial charge in [0.05, 0.1) is 12.1 Å². The molecular formula is C19H19N3O2S. The molecule has 0 unspecified atom stereocenters. The van der Waals surface area contributed by atoms with Gasteiger partial charge in [0.2, 0.25) is 5.91 Å². The van der Waals surface area contributed by atoms with Crippen LogP contribution in [0.5, 0.6) is 0 Å². The molecule has 0 spiro atoms. The fourth-order valence-electron chi connectivity index (χ4n) is 2.62. The van der Waals surface area contributed by atoms with Crippen molar-refractivity contribution in [1.82, 2.24) is 9.88 Å². The normalized spacial score (nSPS) is 10.6. The second kappa shape index (κ2) is 7.44. The molecule has 0 fully saturated rings. The van der Waals surface area contributed by atoms with E-state index >= 15 is 0 Å². The van der Waals surface area contributed by atoms with Crippen LogP contribution in [0.25, 0.3) is 10.9 Å². The number of aromatic nitrogens is 1. The minimum absolute atomic E-state index is 0.0113. The van der Waals surface area contributed by atoms with Crippen LogP contribution in [0.4, 0.5) is 5.69 Å². The zero-order chi connectivity index (χ0) is 17.8. The fourth-order valence-corrected chi connectivity index (χ4v) is 3.02. The van der Waals surface area contributed by atoms with E-state index in [9.17, 15) is 9.59 Å². The van der Waals surface area contributed by atoms with E-state index in [1.807, 2.05) is 54.8 Å². The third kappa shape index (κ3) is 3.85. The second-order valence-corrected chi connectivity index (χ2v) is 6.57. The average molecular weight is 353 g/mol. The highest BCUT2D eigenvalue weighted by Gasteiger charge is 2.18. The van der Waals surface area contributed by atoms with Gasteiger partial charge in [-0.1, -0.05) is 18.2 Å². The van der Waals surface area contributed by atoms with Gasteiger partial charge >= 0.3 is 0 Å². The van der Waals surface area contributed by atoms with Crippen LogP contribution in [0.2, 0.25) is 0 Å². The van der Waals surface area contributed by atoms with Crippen molar-refractivity contribution in [3.8, 4) is 0 Å². The summed E-state index contributed by atoms with van der Waals surface area (Å²) in [6.07, 6.45) is 3.68. The predicted molar refractivity (Wildman–Crippen MR) is 102 cm³/mol. The number of anilines is 1. The Kier molecular flexibility index (Phi) is 5.09. The molecule has 0 aliphatic heterocycles. The maximum absolute atomic E-state index is 12.6. The van der Waals surface area contributed by atoms with Gasteiger partial charge in [0, 0.05) is 34.7 Å². The quantitative estimate of drug-likeness (QED) is 0.689. The molecule has 2 N–H and O–H groups in total. The number of nitrogens with zero attached hydrogens (tertiary/aromatic N) is 1. The van der Waals surface area contributed by atoms with Gasteiger partial charge in [-0.2, -0.15) is 0 Å². The number of rotatable bonds is 5. The molecule has 0 aliphatic rings. The molecule has 0 atom stereocenters. The molecule has 3 rings (SSSR count). The number of thioether (sulfide) groups is 1. The lowest BCUT2D eigenvalue weighted by molar-refractivity contribution is -0.116.